The van der Waals surface area contributed by atoms with Gasteiger partial charge in [-0.05, 0) is 12.1 Å². The van der Waals surface area contributed by atoms with Crippen molar-refractivity contribution in [1.29, 1.82) is 0 Å². The molecule has 3 nitrogen and oxygen atoms in total. The largest absolute Gasteiger partial charge is 0.449 e. The Morgan fingerprint density at radius 2 is 1.79 bits per heavy atom. The number of hydrogen-bond donors (Lipinski definition) is 1. The molecule has 0 fully saturated rings. The second-order valence-electron chi connectivity index (χ2n) is 3.60. The molecule has 0 saturated heterocycles. The lowest BCUT2D eigenvalue weighted by molar-refractivity contribution is -0.145. The van der Waals surface area contributed by atoms with E-state index in [2.05, 4.69) is 4.98 Å². The number of nitrogens with one attached hydrogen (secondary N) is 1. The smallest absolute Gasteiger partial charge is 0.303 e. The van der Waals surface area contributed by atoms with E-state index in [1.54, 1.807) is 0 Å². The molecule has 1 aromatic heterocycles. The van der Waals surface area contributed by atoms with E-state index in [0.717, 1.165) is 12.1 Å². The highest BCUT2D eigenvalue weighted by molar-refractivity contribution is 5.59. The molecule has 19 heavy (non-hydrogen) atoms. The topological polar surface area (TPSA) is 45.8 Å². The Balaban J connectivity index is 2.63. The van der Waals surface area contributed by atoms with Crippen LogP contribution in [0.1, 0.15) is 5.82 Å². The van der Waals surface area contributed by atoms with Crippen molar-refractivity contribution >= 4 is 0 Å². The quantitative estimate of drug-likeness (QED) is 0.814. The third-order valence-electron chi connectivity index (χ3n) is 2.22. The van der Waals surface area contributed by atoms with Gasteiger partial charge in [0.15, 0.2) is 0 Å². The SMILES string of the molecule is O=c1cc(-c2ccc(F)cc2F)nc(C(F)(F)F)[nH]1. The van der Waals surface area contributed by atoms with E-state index in [1.165, 1.54) is 4.98 Å². The van der Waals surface area contributed by atoms with Crippen LogP contribution in [0.3, 0.4) is 0 Å². The number of benzene rings is 1. The van der Waals surface area contributed by atoms with Gasteiger partial charge in [0.1, 0.15) is 11.6 Å². The highest BCUT2D eigenvalue weighted by Gasteiger charge is 2.34. The van der Waals surface area contributed by atoms with Crippen LogP contribution in [0.25, 0.3) is 11.3 Å². The molecule has 0 radical (unpaired) electrons. The minimum Gasteiger partial charge on any atom is -0.303 e. The zero-order valence-corrected chi connectivity index (χ0v) is 9.05. The fourth-order valence-electron chi connectivity index (χ4n) is 1.43. The van der Waals surface area contributed by atoms with Crippen LogP contribution in [0.15, 0.2) is 29.1 Å². The fraction of sp³-hybridized carbons (Fsp3) is 0.0909. The molecule has 0 aliphatic heterocycles. The lowest BCUT2D eigenvalue weighted by Gasteiger charge is -2.07. The van der Waals surface area contributed by atoms with Crippen molar-refractivity contribution in [1.82, 2.24) is 9.97 Å². The van der Waals surface area contributed by atoms with Gasteiger partial charge in [0.25, 0.3) is 5.56 Å². The number of aromatic amines is 1. The van der Waals surface area contributed by atoms with Crippen LogP contribution < -0.4 is 5.56 Å². The normalized spacial score (nSPS) is 11.6. The summed E-state index contributed by atoms with van der Waals surface area (Å²) in [5.74, 6) is -3.54. The predicted molar refractivity (Wildman–Crippen MR) is 55.2 cm³/mol. The Morgan fingerprint density at radius 3 is 2.37 bits per heavy atom. The highest BCUT2D eigenvalue weighted by atomic mass is 19.4. The van der Waals surface area contributed by atoms with Gasteiger partial charge in [0.2, 0.25) is 5.82 Å². The second kappa shape index (κ2) is 4.45. The lowest BCUT2D eigenvalue weighted by Crippen LogP contribution is -2.19. The summed E-state index contributed by atoms with van der Waals surface area (Å²) < 4.78 is 63.5. The van der Waals surface area contributed by atoms with Gasteiger partial charge >= 0.3 is 6.18 Å². The Morgan fingerprint density at radius 1 is 1.11 bits per heavy atom. The van der Waals surface area contributed by atoms with Crippen LogP contribution >= 0.6 is 0 Å². The molecule has 100 valence electrons. The minimum absolute atomic E-state index is 0.391. The summed E-state index contributed by atoms with van der Waals surface area (Å²) in [6, 6.07) is 2.96. The molecule has 0 bridgehead atoms. The molecule has 0 spiro atoms. The third kappa shape index (κ3) is 2.78. The lowest BCUT2D eigenvalue weighted by atomic mass is 10.1. The summed E-state index contributed by atoms with van der Waals surface area (Å²) in [7, 11) is 0. The number of rotatable bonds is 1. The van der Waals surface area contributed by atoms with Crippen LogP contribution in [0, 0.1) is 11.6 Å². The van der Waals surface area contributed by atoms with E-state index >= 15 is 0 Å². The third-order valence-corrected chi connectivity index (χ3v) is 2.22. The van der Waals surface area contributed by atoms with Gasteiger partial charge in [-0.3, -0.25) is 4.79 Å². The highest BCUT2D eigenvalue weighted by Crippen LogP contribution is 2.27. The van der Waals surface area contributed by atoms with Crippen molar-refractivity contribution in [2.75, 3.05) is 0 Å². The number of H-pyrrole nitrogens is 1. The maximum absolute atomic E-state index is 13.4. The van der Waals surface area contributed by atoms with Crippen LogP contribution in [0.2, 0.25) is 0 Å². The van der Waals surface area contributed by atoms with Crippen LogP contribution in [-0.4, -0.2) is 9.97 Å². The van der Waals surface area contributed by atoms with Gasteiger partial charge in [-0.15, -0.1) is 0 Å². The fourth-order valence-corrected chi connectivity index (χ4v) is 1.43. The standard InChI is InChI=1S/C11H5F5N2O/c12-5-1-2-6(7(13)3-5)8-4-9(19)18-10(17-8)11(14,15)16/h1-4H,(H,17,18,19). The summed E-state index contributed by atoms with van der Waals surface area (Å²) >= 11 is 0. The molecule has 1 heterocycles. The van der Waals surface area contributed by atoms with Gasteiger partial charge in [-0.25, -0.2) is 13.8 Å². The molecule has 2 aromatic rings. The van der Waals surface area contributed by atoms with Gasteiger partial charge in [-0.2, -0.15) is 13.2 Å². The Bertz CT molecular complexity index is 678. The zero-order valence-electron chi connectivity index (χ0n) is 9.05. The van der Waals surface area contributed by atoms with Crippen molar-refractivity contribution in [2.24, 2.45) is 0 Å². The summed E-state index contributed by atoms with van der Waals surface area (Å²) in [6.07, 6.45) is -4.87. The molecule has 0 aliphatic rings. The van der Waals surface area contributed by atoms with Crippen LogP contribution in [0.5, 0.6) is 0 Å². The second-order valence-corrected chi connectivity index (χ2v) is 3.60. The molecule has 0 amide bonds. The minimum atomic E-state index is -4.87. The molecule has 0 atom stereocenters. The van der Waals surface area contributed by atoms with Gasteiger partial charge in [-0.1, -0.05) is 0 Å². The number of aromatic nitrogens is 2. The maximum atomic E-state index is 13.4. The number of nitrogens with zero attached hydrogens (tertiary/aromatic N) is 1. The molecule has 0 saturated carbocycles. The average molecular weight is 276 g/mol. The van der Waals surface area contributed by atoms with E-state index in [9.17, 15) is 26.7 Å². The Kier molecular flexibility index (Phi) is 3.09. The molecule has 0 aliphatic carbocycles. The first-order chi connectivity index (χ1) is 8.77. The van der Waals surface area contributed by atoms with E-state index in [1.807, 2.05) is 0 Å². The first-order valence-corrected chi connectivity index (χ1v) is 4.91. The van der Waals surface area contributed by atoms with Gasteiger partial charge in [0, 0.05) is 17.7 Å². The number of hydrogen-bond acceptors (Lipinski definition) is 2. The molecular weight excluding hydrogens is 271 g/mol. The summed E-state index contributed by atoms with van der Waals surface area (Å²) in [4.78, 5) is 15.7. The number of alkyl halides is 3. The van der Waals surface area contributed by atoms with Crippen molar-refractivity contribution < 1.29 is 22.0 Å². The first kappa shape index (κ1) is 13.2. The molecule has 1 aromatic carbocycles. The van der Waals surface area contributed by atoms with E-state index < -0.39 is 40.5 Å². The zero-order chi connectivity index (χ0) is 14.2. The molecule has 1 N–H and O–H groups in total. The van der Waals surface area contributed by atoms with Gasteiger partial charge < -0.3 is 4.98 Å². The van der Waals surface area contributed by atoms with Crippen LogP contribution in [0.4, 0.5) is 22.0 Å². The first-order valence-electron chi connectivity index (χ1n) is 4.91. The van der Waals surface area contributed by atoms with Crippen molar-refractivity contribution in [3.8, 4) is 11.3 Å². The van der Waals surface area contributed by atoms with Crippen molar-refractivity contribution in [3.05, 3.63) is 52.1 Å². The number of halogens is 5. The molecule has 8 heteroatoms. The van der Waals surface area contributed by atoms with Crippen molar-refractivity contribution in [2.45, 2.75) is 6.18 Å². The maximum Gasteiger partial charge on any atom is 0.449 e. The van der Waals surface area contributed by atoms with E-state index in [-0.39, 0.29) is 0 Å². The Hall–Kier alpha value is -2.25. The molecule has 2 rings (SSSR count). The monoisotopic (exact) mass is 276 g/mol. The van der Waals surface area contributed by atoms with Crippen molar-refractivity contribution in [3.63, 3.8) is 0 Å². The molecular formula is C11H5F5N2O. The average Bonchev–Trinajstić information content (AvgIpc) is 2.26. The predicted octanol–water partition coefficient (Wildman–Crippen LogP) is 2.73. The van der Waals surface area contributed by atoms with E-state index in [0.29, 0.717) is 12.1 Å². The summed E-state index contributed by atoms with van der Waals surface area (Å²) in [5.41, 5.74) is -1.99. The molecule has 0 unspecified atom stereocenters. The van der Waals surface area contributed by atoms with E-state index in [4.69, 9.17) is 0 Å². The Labute approximate surface area is 102 Å². The summed E-state index contributed by atoms with van der Waals surface area (Å²) in [6.45, 7) is 0. The summed E-state index contributed by atoms with van der Waals surface area (Å²) in [5, 5.41) is 0. The van der Waals surface area contributed by atoms with Gasteiger partial charge in [0.05, 0.1) is 5.69 Å². The van der Waals surface area contributed by atoms with Crippen LogP contribution in [-0.2, 0) is 6.18 Å².